The van der Waals surface area contributed by atoms with Crippen LogP contribution >= 0.6 is 0 Å². The normalized spacial score (nSPS) is 41.9. The minimum absolute atomic E-state index is 0.0618. The van der Waals surface area contributed by atoms with E-state index in [9.17, 15) is 47.8 Å². The molecule has 284 valence electrons. The van der Waals surface area contributed by atoms with Crippen LogP contribution in [0.3, 0.4) is 0 Å². The Morgan fingerprint density at radius 1 is 1.06 bits per heavy atom. The van der Waals surface area contributed by atoms with Crippen molar-refractivity contribution < 1.29 is 66.5 Å². The van der Waals surface area contributed by atoms with Crippen molar-refractivity contribution in [2.24, 2.45) is 40.4 Å². The molecule has 0 aromatic rings. The second-order valence-corrected chi connectivity index (χ2v) is 16.5. The molecule has 14 atom stereocenters. The molecule has 1 aliphatic heterocycles. The van der Waals surface area contributed by atoms with E-state index in [0.29, 0.717) is 19.3 Å². The van der Waals surface area contributed by atoms with Gasteiger partial charge in [0.1, 0.15) is 30.9 Å². The summed E-state index contributed by atoms with van der Waals surface area (Å²) in [4.78, 5) is 35.0. The summed E-state index contributed by atoms with van der Waals surface area (Å²) in [5, 5.41) is 54.5. The van der Waals surface area contributed by atoms with Crippen LogP contribution in [0.15, 0.2) is 11.6 Å². The predicted octanol–water partition coefficient (Wildman–Crippen LogP) is 1.44. The number of carbonyl (C=O) groups is 3. The first kappa shape index (κ1) is 38.8. The topological polar surface area (TPSA) is 258 Å². The van der Waals surface area contributed by atoms with Gasteiger partial charge in [0.2, 0.25) is 5.91 Å². The van der Waals surface area contributed by atoms with Crippen molar-refractivity contribution in [3.63, 3.8) is 0 Å². The van der Waals surface area contributed by atoms with Crippen LogP contribution in [0.5, 0.6) is 0 Å². The van der Waals surface area contributed by atoms with Gasteiger partial charge >= 0.3 is 22.5 Å². The minimum atomic E-state index is -4.70. The first-order valence-electron chi connectivity index (χ1n) is 17.5. The Bertz CT molecular complexity index is 1430. The lowest BCUT2D eigenvalue weighted by atomic mass is 9.46. The van der Waals surface area contributed by atoms with Crippen molar-refractivity contribution in [2.75, 3.05) is 13.2 Å². The molecular formula is C33H52N2O14S. The van der Waals surface area contributed by atoms with E-state index in [0.717, 1.165) is 31.3 Å². The molecule has 17 heteroatoms. The number of aliphatic hydroxyl groups excluding tert-OH is 3. The molecule has 1 heterocycles. The fourth-order valence-corrected chi connectivity index (χ4v) is 10.9. The zero-order valence-corrected chi connectivity index (χ0v) is 29.5. The van der Waals surface area contributed by atoms with Gasteiger partial charge in [-0.15, -0.1) is 0 Å². The molecule has 3 saturated carbocycles. The lowest BCUT2D eigenvalue weighted by Crippen LogP contribution is -2.66. The van der Waals surface area contributed by atoms with Crippen LogP contribution in [0.4, 0.5) is 4.79 Å². The third kappa shape index (κ3) is 7.84. The SMILES string of the molecule is C[C@H](CCC(=O)NCC(=O)O)[C@H]1CC[C@H]2[C@@H]3[C@@H](O[C@@H]4O[C@H](CO)[C@@H](O)[C@H](O)[C@H]4NC(=O)O)C=C4C[C@@H](OS(=O)(=O)O)CC[C@]4(C)[C@H]3CC[C@]12C. The quantitative estimate of drug-likeness (QED) is 0.104. The molecule has 16 nitrogen and oxygen atoms in total. The Balaban J connectivity index is 1.46. The van der Waals surface area contributed by atoms with Crippen molar-refractivity contribution in [3.05, 3.63) is 11.6 Å². The molecule has 0 aromatic carbocycles. The predicted molar refractivity (Wildman–Crippen MR) is 174 cm³/mol. The standard InChI is InChI=1S/C33H52N2O14S/c1-16(4-7-24(37)34-14-25(38)39)19-5-6-20-26-21(9-11-33(19,20)3)32(2)10-8-18(49-50(44,45)46)12-17(32)13-22(26)47-30-27(35-31(42)43)29(41)28(40)23(15-36)48-30/h13,16,18-23,26-30,35-36,40-41H,4-12,14-15H2,1-3H3,(H,34,37)(H,38,39)(H,42,43)(H,44,45,46)/t16-,18+,19-,20+,21+,22+,23-,26+,27-,28-,29-,30-,32+,33-/m1/s1. The average molecular weight is 733 g/mol. The van der Waals surface area contributed by atoms with Crippen LogP contribution in [0.1, 0.15) is 78.6 Å². The maximum absolute atomic E-state index is 12.3. The molecular weight excluding hydrogens is 680 g/mol. The second-order valence-electron chi connectivity index (χ2n) is 15.5. The number of ether oxygens (including phenoxy) is 2. The van der Waals surface area contributed by atoms with Crippen molar-refractivity contribution in [1.29, 1.82) is 0 Å². The molecule has 2 amide bonds. The minimum Gasteiger partial charge on any atom is -0.480 e. The smallest absolute Gasteiger partial charge is 0.405 e. The molecule has 5 rings (SSSR count). The van der Waals surface area contributed by atoms with Gasteiger partial charge in [-0.2, -0.15) is 8.42 Å². The van der Waals surface area contributed by atoms with Gasteiger partial charge in [-0.3, -0.25) is 14.1 Å². The maximum Gasteiger partial charge on any atom is 0.405 e. The average Bonchev–Trinajstić information content (AvgIpc) is 3.39. The summed E-state index contributed by atoms with van der Waals surface area (Å²) in [5.74, 6) is -0.933. The highest BCUT2D eigenvalue weighted by Gasteiger charge is 2.62. The Morgan fingerprint density at radius 2 is 1.78 bits per heavy atom. The first-order chi connectivity index (χ1) is 23.4. The van der Waals surface area contributed by atoms with Gasteiger partial charge < -0.3 is 45.6 Å². The number of carboxylic acids is 1. The number of amides is 2. The molecule has 4 aliphatic carbocycles. The van der Waals surface area contributed by atoms with Gasteiger partial charge in [0.25, 0.3) is 0 Å². The molecule has 5 aliphatic rings. The van der Waals surface area contributed by atoms with Crippen LogP contribution in [-0.2, 0) is 33.6 Å². The molecule has 50 heavy (non-hydrogen) atoms. The molecule has 0 spiro atoms. The maximum atomic E-state index is 12.3. The Morgan fingerprint density at radius 3 is 2.42 bits per heavy atom. The number of carbonyl (C=O) groups excluding carboxylic acids is 1. The summed E-state index contributed by atoms with van der Waals surface area (Å²) >= 11 is 0. The zero-order valence-electron chi connectivity index (χ0n) is 28.6. The van der Waals surface area contributed by atoms with Gasteiger partial charge in [0.05, 0.1) is 18.8 Å². The third-order valence-electron chi connectivity index (χ3n) is 12.8. The van der Waals surface area contributed by atoms with E-state index in [-0.39, 0.29) is 59.2 Å². The lowest BCUT2D eigenvalue weighted by Gasteiger charge is -2.60. The molecule has 0 unspecified atom stereocenters. The lowest BCUT2D eigenvalue weighted by molar-refractivity contribution is -0.288. The van der Waals surface area contributed by atoms with Crippen molar-refractivity contribution in [2.45, 2.75) is 121 Å². The van der Waals surface area contributed by atoms with E-state index in [1.807, 2.05) is 6.08 Å². The van der Waals surface area contributed by atoms with E-state index in [1.54, 1.807) is 0 Å². The molecule has 0 radical (unpaired) electrons. The largest absolute Gasteiger partial charge is 0.480 e. The number of hydrogen-bond donors (Lipinski definition) is 8. The molecule has 1 saturated heterocycles. The van der Waals surface area contributed by atoms with Gasteiger partial charge in [-0.1, -0.05) is 32.4 Å². The molecule has 0 bridgehead atoms. The summed E-state index contributed by atoms with van der Waals surface area (Å²) in [6.45, 7) is 5.48. The number of aliphatic carboxylic acids is 1. The van der Waals surface area contributed by atoms with Crippen molar-refractivity contribution in [3.8, 4) is 0 Å². The van der Waals surface area contributed by atoms with E-state index < -0.39 is 78.5 Å². The number of nitrogens with one attached hydrogen (secondary N) is 2. The van der Waals surface area contributed by atoms with Crippen molar-refractivity contribution in [1.82, 2.24) is 10.6 Å². The van der Waals surface area contributed by atoms with E-state index in [1.165, 1.54) is 0 Å². The van der Waals surface area contributed by atoms with E-state index in [2.05, 4.69) is 31.4 Å². The molecule has 8 N–H and O–H groups in total. The summed E-state index contributed by atoms with van der Waals surface area (Å²) in [6, 6.07) is -1.39. The highest BCUT2D eigenvalue weighted by molar-refractivity contribution is 7.80. The Hall–Kier alpha value is -2.38. The van der Waals surface area contributed by atoms with Gasteiger partial charge in [0.15, 0.2) is 6.29 Å². The summed E-state index contributed by atoms with van der Waals surface area (Å²) in [5.41, 5.74) is 0.370. The number of aliphatic hydroxyl groups is 3. The van der Waals surface area contributed by atoms with E-state index in [4.69, 9.17) is 18.8 Å². The monoisotopic (exact) mass is 732 g/mol. The Kier molecular flexibility index (Phi) is 11.6. The molecule has 4 fully saturated rings. The van der Waals surface area contributed by atoms with Crippen LogP contribution in [0.25, 0.3) is 0 Å². The zero-order chi connectivity index (χ0) is 36.8. The van der Waals surface area contributed by atoms with Gasteiger partial charge in [0, 0.05) is 6.42 Å². The fourth-order valence-electron chi connectivity index (χ4n) is 10.4. The number of fused-ring (bicyclic) bond motifs is 5. The van der Waals surface area contributed by atoms with E-state index >= 15 is 0 Å². The molecule has 0 aromatic heterocycles. The van der Waals surface area contributed by atoms with Crippen LogP contribution in [0, 0.1) is 40.4 Å². The second kappa shape index (κ2) is 14.9. The van der Waals surface area contributed by atoms with Gasteiger partial charge in [-0.05, 0) is 91.8 Å². The number of hydrogen-bond acceptors (Lipinski definition) is 11. The van der Waals surface area contributed by atoms with Gasteiger partial charge in [-0.25, -0.2) is 8.98 Å². The highest BCUT2D eigenvalue weighted by Crippen LogP contribution is 2.68. The Labute approximate surface area is 291 Å². The summed E-state index contributed by atoms with van der Waals surface area (Å²) in [6.07, 6.45) is -1.44. The summed E-state index contributed by atoms with van der Waals surface area (Å²) < 4.78 is 50.2. The number of carboxylic acid groups (broad SMARTS) is 2. The highest BCUT2D eigenvalue weighted by atomic mass is 32.3. The number of rotatable bonds is 12. The van der Waals surface area contributed by atoms with Crippen LogP contribution in [-0.4, -0.2) is 112 Å². The van der Waals surface area contributed by atoms with Crippen LogP contribution < -0.4 is 10.6 Å². The fraction of sp³-hybridized carbons (Fsp3) is 0.848. The first-order valence-corrected chi connectivity index (χ1v) is 18.9. The third-order valence-corrected chi connectivity index (χ3v) is 13.3. The van der Waals surface area contributed by atoms with Crippen molar-refractivity contribution >= 4 is 28.4 Å². The summed E-state index contributed by atoms with van der Waals surface area (Å²) in [7, 11) is -4.70. The van der Waals surface area contributed by atoms with Crippen LogP contribution in [0.2, 0.25) is 0 Å².